The van der Waals surface area contributed by atoms with E-state index in [4.69, 9.17) is 4.42 Å². The highest BCUT2D eigenvalue weighted by molar-refractivity contribution is 5.79. The summed E-state index contributed by atoms with van der Waals surface area (Å²) in [5, 5.41) is 3.05. The van der Waals surface area contributed by atoms with Gasteiger partial charge in [-0.1, -0.05) is 0 Å². The molecule has 20 heavy (non-hydrogen) atoms. The van der Waals surface area contributed by atoms with Gasteiger partial charge in [0.05, 0.1) is 12.8 Å². The van der Waals surface area contributed by atoms with Crippen molar-refractivity contribution in [2.45, 2.75) is 39.3 Å². The SMILES string of the molecule is CC(C)N1CC2CCC(C1)C2C(=O)NCc1ccco1. The van der Waals surface area contributed by atoms with Crippen molar-refractivity contribution in [3.8, 4) is 0 Å². The average molecular weight is 276 g/mol. The summed E-state index contributed by atoms with van der Waals surface area (Å²) in [7, 11) is 0. The fourth-order valence-corrected chi connectivity index (χ4v) is 3.81. The van der Waals surface area contributed by atoms with Crippen LogP contribution >= 0.6 is 0 Å². The number of furan rings is 1. The molecule has 1 aromatic heterocycles. The number of piperidine rings is 1. The van der Waals surface area contributed by atoms with E-state index in [1.54, 1.807) is 6.26 Å². The minimum absolute atomic E-state index is 0.208. The lowest BCUT2D eigenvalue weighted by Gasteiger charge is -2.39. The lowest BCUT2D eigenvalue weighted by Crippen LogP contribution is -2.49. The van der Waals surface area contributed by atoms with Crippen LogP contribution in [0.4, 0.5) is 0 Å². The molecule has 1 saturated heterocycles. The van der Waals surface area contributed by atoms with Gasteiger partial charge in [0.15, 0.2) is 0 Å². The standard InChI is InChI=1S/C16H24N2O2/c1-11(2)18-9-12-5-6-13(10-18)15(12)16(19)17-8-14-4-3-7-20-14/h3-4,7,11-13,15H,5-6,8-10H2,1-2H3,(H,17,19). The van der Waals surface area contributed by atoms with Gasteiger partial charge in [0.1, 0.15) is 5.76 Å². The predicted octanol–water partition coefficient (Wildman–Crippen LogP) is 2.26. The predicted molar refractivity (Wildman–Crippen MR) is 77.0 cm³/mol. The van der Waals surface area contributed by atoms with Crippen LogP contribution < -0.4 is 5.32 Å². The maximum absolute atomic E-state index is 12.5. The number of carbonyl (C=O) groups excluding carboxylic acids is 1. The Kier molecular flexibility index (Phi) is 3.83. The summed E-state index contributed by atoms with van der Waals surface area (Å²) in [6.07, 6.45) is 4.05. The summed E-state index contributed by atoms with van der Waals surface area (Å²) in [5.41, 5.74) is 0. The fourth-order valence-electron chi connectivity index (χ4n) is 3.81. The Morgan fingerprint density at radius 2 is 2.10 bits per heavy atom. The van der Waals surface area contributed by atoms with Gasteiger partial charge in [0, 0.05) is 25.0 Å². The molecule has 2 atom stereocenters. The molecule has 2 aliphatic rings. The van der Waals surface area contributed by atoms with E-state index >= 15 is 0 Å². The van der Waals surface area contributed by atoms with Gasteiger partial charge < -0.3 is 14.6 Å². The third-order valence-corrected chi connectivity index (χ3v) is 4.91. The molecule has 1 aliphatic heterocycles. The first-order chi connectivity index (χ1) is 9.65. The highest BCUT2D eigenvalue weighted by Gasteiger charge is 2.45. The third-order valence-electron chi connectivity index (χ3n) is 4.91. The molecule has 1 amide bonds. The van der Waals surface area contributed by atoms with Crippen LogP contribution in [0.5, 0.6) is 0 Å². The van der Waals surface area contributed by atoms with Crippen LogP contribution in [0, 0.1) is 17.8 Å². The molecular weight excluding hydrogens is 252 g/mol. The van der Waals surface area contributed by atoms with Gasteiger partial charge in [-0.25, -0.2) is 0 Å². The number of hydrogen-bond acceptors (Lipinski definition) is 3. The minimum atomic E-state index is 0.208. The second kappa shape index (κ2) is 5.60. The lowest BCUT2D eigenvalue weighted by molar-refractivity contribution is -0.129. The molecule has 4 heteroatoms. The Morgan fingerprint density at radius 1 is 1.40 bits per heavy atom. The Hall–Kier alpha value is -1.29. The summed E-state index contributed by atoms with van der Waals surface area (Å²) in [5.74, 6) is 2.32. The van der Waals surface area contributed by atoms with Crippen molar-refractivity contribution in [3.05, 3.63) is 24.2 Å². The van der Waals surface area contributed by atoms with Crippen molar-refractivity contribution in [2.24, 2.45) is 17.8 Å². The monoisotopic (exact) mass is 276 g/mol. The molecule has 0 radical (unpaired) electrons. The molecule has 4 nitrogen and oxygen atoms in total. The van der Waals surface area contributed by atoms with Crippen molar-refractivity contribution < 1.29 is 9.21 Å². The molecule has 2 fully saturated rings. The lowest BCUT2D eigenvalue weighted by atomic mass is 9.84. The molecule has 1 aliphatic carbocycles. The van der Waals surface area contributed by atoms with Crippen molar-refractivity contribution >= 4 is 5.91 Å². The van der Waals surface area contributed by atoms with Gasteiger partial charge >= 0.3 is 0 Å². The number of carbonyl (C=O) groups is 1. The van der Waals surface area contributed by atoms with E-state index in [9.17, 15) is 4.79 Å². The van der Waals surface area contributed by atoms with E-state index in [-0.39, 0.29) is 11.8 Å². The fraction of sp³-hybridized carbons (Fsp3) is 0.688. The van der Waals surface area contributed by atoms with E-state index in [0.717, 1.165) is 18.8 Å². The highest BCUT2D eigenvalue weighted by Crippen LogP contribution is 2.42. The van der Waals surface area contributed by atoms with E-state index in [1.807, 2.05) is 12.1 Å². The van der Waals surface area contributed by atoms with E-state index in [1.165, 1.54) is 12.8 Å². The number of amides is 1. The van der Waals surface area contributed by atoms with Gasteiger partial charge in [-0.05, 0) is 50.7 Å². The van der Waals surface area contributed by atoms with Crippen LogP contribution in [0.25, 0.3) is 0 Å². The molecule has 3 rings (SSSR count). The molecule has 2 bridgehead atoms. The second-order valence-corrected chi connectivity index (χ2v) is 6.47. The average Bonchev–Trinajstić information content (AvgIpc) is 3.02. The highest BCUT2D eigenvalue weighted by atomic mass is 16.3. The van der Waals surface area contributed by atoms with Crippen molar-refractivity contribution in [1.82, 2.24) is 10.2 Å². The van der Waals surface area contributed by atoms with E-state index < -0.39 is 0 Å². The molecule has 0 spiro atoms. The first kappa shape index (κ1) is 13.7. The van der Waals surface area contributed by atoms with Crippen LogP contribution in [-0.2, 0) is 11.3 Å². The number of hydrogen-bond donors (Lipinski definition) is 1. The number of nitrogens with zero attached hydrogens (tertiary/aromatic N) is 1. The first-order valence-electron chi connectivity index (χ1n) is 7.69. The normalized spacial score (nSPS) is 29.9. The molecular formula is C16H24N2O2. The van der Waals surface area contributed by atoms with Gasteiger partial charge in [-0.3, -0.25) is 4.79 Å². The van der Waals surface area contributed by atoms with E-state index in [0.29, 0.717) is 24.4 Å². The van der Waals surface area contributed by atoms with Gasteiger partial charge in [0.25, 0.3) is 0 Å². The zero-order chi connectivity index (χ0) is 14.1. The van der Waals surface area contributed by atoms with Gasteiger partial charge in [-0.15, -0.1) is 0 Å². The van der Waals surface area contributed by atoms with E-state index in [2.05, 4.69) is 24.1 Å². The molecule has 2 unspecified atom stereocenters. The largest absolute Gasteiger partial charge is 0.467 e. The summed E-state index contributed by atoms with van der Waals surface area (Å²) >= 11 is 0. The molecule has 0 aromatic carbocycles. The summed E-state index contributed by atoms with van der Waals surface area (Å²) in [6, 6.07) is 4.34. The topological polar surface area (TPSA) is 45.5 Å². The molecule has 1 aromatic rings. The van der Waals surface area contributed by atoms with Crippen molar-refractivity contribution in [2.75, 3.05) is 13.1 Å². The second-order valence-electron chi connectivity index (χ2n) is 6.47. The van der Waals surface area contributed by atoms with Crippen molar-refractivity contribution in [3.63, 3.8) is 0 Å². The Bertz CT molecular complexity index is 441. The van der Waals surface area contributed by atoms with Gasteiger partial charge in [0.2, 0.25) is 5.91 Å². The minimum Gasteiger partial charge on any atom is -0.467 e. The first-order valence-corrected chi connectivity index (χ1v) is 7.69. The third kappa shape index (κ3) is 2.62. The quantitative estimate of drug-likeness (QED) is 0.917. The van der Waals surface area contributed by atoms with Crippen LogP contribution in [0.3, 0.4) is 0 Å². The van der Waals surface area contributed by atoms with Crippen LogP contribution in [0.15, 0.2) is 22.8 Å². The maximum atomic E-state index is 12.5. The molecule has 1 saturated carbocycles. The number of fused-ring (bicyclic) bond motifs is 2. The molecule has 110 valence electrons. The summed E-state index contributed by atoms with van der Waals surface area (Å²) in [4.78, 5) is 15.0. The number of likely N-dealkylation sites (tertiary alicyclic amines) is 1. The zero-order valence-corrected chi connectivity index (χ0v) is 12.3. The molecule has 1 N–H and O–H groups in total. The summed E-state index contributed by atoms with van der Waals surface area (Å²) < 4.78 is 5.27. The maximum Gasteiger partial charge on any atom is 0.224 e. The van der Waals surface area contributed by atoms with Gasteiger partial charge in [-0.2, -0.15) is 0 Å². The van der Waals surface area contributed by atoms with Crippen LogP contribution in [-0.4, -0.2) is 29.9 Å². The Balaban J connectivity index is 1.59. The Labute approximate surface area is 120 Å². The number of nitrogens with one attached hydrogen (secondary N) is 1. The summed E-state index contributed by atoms with van der Waals surface area (Å²) in [6.45, 7) is 7.16. The molecule has 2 heterocycles. The smallest absolute Gasteiger partial charge is 0.224 e. The van der Waals surface area contributed by atoms with Crippen LogP contribution in [0.1, 0.15) is 32.4 Å². The Morgan fingerprint density at radius 3 is 2.65 bits per heavy atom. The number of rotatable bonds is 4. The van der Waals surface area contributed by atoms with Crippen molar-refractivity contribution in [1.29, 1.82) is 0 Å². The zero-order valence-electron chi connectivity index (χ0n) is 12.3. The van der Waals surface area contributed by atoms with Crippen LogP contribution in [0.2, 0.25) is 0 Å².